The predicted molar refractivity (Wildman–Crippen MR) is 106 cm³/mol. The van der Waals surface area contributed by atoms with Crippen molar-refractivity contribution in [1.82, 2.24) is 9.88 Å². The standard InChI is InChI=1S/C16H19BN3O4PS2/c1-7(6-10-18-4-5-26-10)27-14-8(2)12-11(9(3)21)15(22)20(12)13(14)16(23)24-25-19-17/h4-5,7-9,11-12,21H,6H2,1-3H3. The second kappa shape index (κ2) is 8.43. The van der Waals surface area contributed by atoms with Crippen LogP contribution >= 0.6 is 31.7 Å². The number of carbonyl (C=O) groups is 2. The summed E-state index contributed by atoms with van der Waals surface area (Å²) in [6, 6.07) is -0.235. The molecule has 1 fully saturated rings. The lowest BCUT2D eigenvalue weighted by atomic mass is 9.79. The van der Waals surface area contributed by atoms with Crippen LogP contribution in [0.15, 0.2) is 26.8 Å². The molecule has 2 radical (unpaired) electrons. The van der Waals surface area contributed by atoms with E-state index >= 15 is 0 Å². The Bertz CT molecular complexity index is 787. The third-order valence-electron chi connectivity index (χ3n) is 4.75. The number of rotatable bonds is 7. The second-order valence-electron chi connectivity index (χ2n) is 6.60. The predicted octanol–water partition coefficient (Wildman–Crippen LogP) is 2.55. The summed E-state index contributed by atoms with van der Waals surface area (Å²) in [5.41, 5.74) is 0.251. The van der Waals surface area contributed by atoms with E-state index in [0.29, 0.717) is 0 Å². The Morgan fingerprint density at radius 3 is 2.93 bits per heavy atom. The van der Waals surface area contributed by atoms with Gasteiger partial charge in [-0.15, -0.1) is 23.1 Å². The molecule has 142 valence electrons. The lowest BCUT2D eigenvalue weighted by Gasteiger charge is -2.46. The molecule has 0 bridgehead atoms. The van der Waals surface area contributed by atoms with E-state index in [0.717, 1.165) is 16.3 Å². The van der Waals surface area contributed by atoms with E-state index in [-0.39, 0.29) is 37.4 Å². The number of hydrogen-bond acceptors (Lipinski definition) is 8. The highest BCUT2D eigenvalue weighted by Gasteiger charge is 2.60. The van der Waals surface area contributed by atoms with Gasteiger partial charge in [-0.2, -0.15) is 0 Å². The number of hydrogen-bond donors (Lipinski definition) is 1. The second-order valence-corrected chi connectivity index (χ2v) is 9.64. The van der Waals surface area contributed by atoms with Crippen LogP contribution in [0.1, 0.15) is 25.8 Å². The van der Waals surface area contributed by atoms with Gasteiger partial charge in [0.15, 0.2) is 0 Å². The van der Waals surface area contributed by atoms with Crippen LogP contribution in [0.4, 0.5) is 0 Å². The number of aromatic nitrogens is 1. The Morgan fingerprint density at radius 2 is 2.33 bits per heavy atom. The molecule has 1 amide bonds. The van der Waals surface area contributed by atoms with Gasteiger partial charge in [0.05, 0.1) is 23.1 Å². The molecule has 7 nitrogen and oxygen atoms in total. The molecule has 3 heterocycles. The highest BCUT2D eigenvalue weighted by molar-refractivity contribution is 8.03. The number of fused-ring (bicyclic) bond motifs is 1. The van der Waals surface area contributed by atoms with Crippen molar-refractivity contribution in [3.05, 3.63) is 27.2 Å². The molecule has 0 aliphatic carbocycles. The molecule has 5 unspecified atom stereocenters. The van der Waals surface area contributed by atoms with Crippen molar-refractivity contribution in [1.29, 1.82) is 0 Å². The first kappa shape index (κ1) is 20.5. The van der Waals surface area contributed by atoms with Gasteiger partial charge in [0.1, 0.15) is 5.70 Å². The molecule has 5 atom stereocenters. The highest BCUT2D eigenvalue weighted by Crippen LogP contribution is 2.51. The smallest absolute Gasteiger partial charge is 0.365 e. The SMILES string of the molecule is [B]N=POC(=O)C1=C(SC(C)Cc2nccs2)C(C)C2C(C(C)O)C(=O)N12. The van der Waals surface area contributed by atoms with Gasteiger partial charge in [0.2, 0.25) is 14.5 Å². The maximum Gasteiger partial charge on any atom is 0.365 e. The van der Waals surface area contributed by atoms with Crippen LogP contribution in [-0.4, -0.2) is 52.2 Å². The largest absolute Gasteiger partial charge is 0.393 e. The molecule has 0 spiro atoms. The minimum Gasteiger partial charge on any atom is -0.393 e. The van der Waals surface area contributed by atoms with E-state index in [4.69, 9.17) is 12.5 Å². The number of amides is 1. The van der Waals surface area contributed by atoms with Crippen molar-refractivity contribution in [2.24, 2.45) is 16.5 Å². The molecule has 1 aromatic heterocycles. The van der Waals surface area contributed by atoms with Crippen molar-refractivity contribution in [3.63, 3.8) is 0 Å². The van der Waals surface area contributed by atoms with Gasteiger partial charge in [-0.25, -0.2) is 9.78 Å². The van der Waals surface area contributed by atoms with Gasteiger partial charge in [-0.05, 0) is 6.92 Å². The van der Waals surface area contributed by atoms with Gasteiger partial charge >= 0.3 is 5.97 Å². The molecule has 0 saturated carbocycles. The summed E-state index contributed by atoms with van der Waals surface area (Å²) in [6.07, 6.45) is 1.76. The van der Waals surface area contributed by atoms with E-state index in [2.05, 4.69) is 16.6 Å². The monoisotopic (exact) mass is 423 g/mol. The van der Waals surface area contributed by atoms with Gasteiger partial charge in [-0.1, -0.05) is 13.8 Å². The fourth-order valence-corrected chi connectivity index (χ4v) is 6.01. The summed E-state index contributed by atoms with van der Waals surface area (Å²) in [6.45, 7) is 5.64. The molecular formula is C16H19BN3O4PS2. The average Bonchev–Trinajstić information content (AvgIpc) is 3.19. The number of aliphatic hydroxyl groups is 1. The van der Waals surface area contributed by atoms with E-state index in [9.17, 15) is 14.7 Å². The number of aliphatic hydroxyl groups excluding tert-OH is 1. The van der Waals surface area contributed by atoms with Crippen molar-refractivity contribution in [2.75, 3.05) is 0 Å². The minimum atomic E-state index is -0.771. The topological polar surface area (TPSA) is 92.1 Å². The number of carbonyl (C=O) groups excluding carboxylic acids is 2. The zero-order valence-electron chi connectivity index (χ0n) is 15.1. The highest BCUT2D eigenvalue weighted by atomic mass is 32.2. The summed E-state index contributed by atoms with van der Waals surface area (Å²) in [7, 11) is 5.03. The lowest BCUT2D eigenvalue weighted by molar-refractivity contribution is -0.162. The summed E-state index contributed by atoms with van der Waals surface area (Å²) in [4.78, 5) is 31.7. The molecule has 1 N–H and O–H groups in total. The van der Waals surface area contributed by atoms with E-state index in [1.165, 1.54) is 4.90 Å². The first-order chi connectivity index (χ1) is 12.9. The normalized spacial score (nSPS) is 26.9. The molecule has 3 rings (SSSR count). The molecule has 11 heteroatoms. The molecule has 0 aromatic carbocycles. The fourth-order valence-electron chi connectivity index (χ4n) is 3.63. The van der Waals surface area contributed by atoms with E-state index in [1.54, 1.807) is 36.2 Å². The maximum absolute atomic E-state index is 12.6. The van der Waals surface area contributed by atoms with Crippen LogP contribution in [0.25, 0.3) is 0 Å². The Labute approximate surface area is 169 Å². The first-order valence-electron chi connectivity index (χ1n) is 8.48. The first-order valence-corrected chi connectivity index (χ1v) is 11.0. The van der Waals surface area contributed by atoms with Crippen LogP contribution in [0.5, 0.6) is 0 Å². The fraction of sp³-hybridized carbons (Fsp3) is 0.562. The van der Waals surface area contributed by atoms with Gasteiger partial charge < -0.3 is 19.2 Å². The Balaban J connectivity index is 1.87. The van der Waals surface area contributed by atoms with Crippen molar-refractivity contribution in [2.45, 2.75) is 44.6 Å². The third kappa shape index (κ3) is 3.85. The number of nitrogens with zero attached hydrogens (tertiary/aromatic N) is 3. The summed E-state index contributed by atoms with van der Waals surface area (Å²) in [5, 5.41) is 13.1. The van der Waals surface area contributed by atoms with Gasteiger partial charge in [0.25, 0.3) is 7.98 Å². The zero-order valence-corrected chi connectivity index (χ0v) is 17.6. The van der Waals surface area contributed by atoms with E-state index < -0.39 is 18.0 Å². The molecule has 1 saturated heterocycles. The molecular weight excluding hydrogens is 404 g/mol. The summed E-state index contributed by atoms with van der Waals surface area (Å²) in [5.74, 6) is -1.45. The van der Waals surface area contributed by atoms with Crippen LogP contribution in [-0.2, 0) is 20.5 Å². The minimum absolute atomic E-state index is 0.0191. The molecule has 27 heavy (non-hydrogen) atoms. The molecule has 1 aromatic rings. The molecule has 2 aliphatic rings. The van der Waals surface area contributed by atoms with Gasteiger partial charge in [-0.3, -0.25) is 4.79 Å². The Morgan fingerprint density at radius 1 is 1.59 bits per heavy atom. The lowest BCUT2D eigenvalue weighted by Crippen LogP contribution is -2.63. The van der Waals surface area contributed by atoms with Crippen molar-refractivity contribution < 1.29 is 19.2 Å². The quantitative estimate of drug-likeness (QED) is 0.412. The zero-order chi connectivity index (χ0) is 19.7. The number of thioether (sulfide) groups is 1. The number of thiazole rings is 1. The van der Waals surface area contributed by atoms with Crippen molar-refractivity contribution >= 4 is 51.6 Å². The summed E-state index contributed by atoms with van der Waals surface area (Å²) < 4.78 is 8.32. The van der Waals surface area contributed by atoms with Crippen LogP contribution in [0.2, 0.25) is 0 Å². The number of β-lactam (4-membered cyclic amide) rings is 1. The van der Waals surface area contributed by atoms with Crippen LogP contribution in [0, 0.1) is 11.8 Å². The third-order valence-corrected chi connectivity index (χ3v) is 7.28. The summed E-state index contributed by atoms with van der Waals surface area (Å²) >= 11 is 3.14. The van der Waals surface area contributed by atoms with E-state index in [1.807, 2.05) is 12.3 Å². The maximum atomic E-state index is 12.6. The Kier molecular flexibility index (Phi) is 6.41. The Hall–Kier alpha value is -1.22. The average molecular weight is 423 g/mol. The van der Waals surface area contributed by atoms with Crippen LogP contribution in [0.3, 0.4) is 0 Å². The van der Waals surface area contributed by atoms with Crippen LogP contribution < -0.4 is 0 Å². The van der Waals surface area contributed by atoms with Gasteiger partial charge in [0, 0.05) is 34.1 Å². The molecule has 2 aliphatic heterocycles. The van der Waals surface area contributed by atoms with Crippen molar-refractivity contribution in [3.8, 4) is 0 Å².